The molecule has 0 fully saturated rings. The fourth-order valence-corrected chi connectivity index (χ4v) is 1.78. The molecule has 3 nitrogen and oxygen atoms in total. The molecule has 2 aromatic rings. The molecule has 0 saturated heterocycles. The lowest BCUT2D eigenvalue weighted by Gasteiger charge is -2.05. The maximum absolute atomic E-state index is 11.6. The normalized spacial score (nSPS) is 12.2. The van der Waals surface area contributed by atoms with E-state index in [2.05, 4.69) is 5.32 Å². The average molecular weight is 267 g/mol. The summed E-state index contributed by atoms with van der Waals surface area (Å²) in [5.74, 6) is -0.219. The van der Waals surface area contributed by atoms with Crippen molar-refractivity contribution in [3.63, 3.8) is 0 Å². The van der Waals surface area contributed by atoms with E-state index in [-0.39, 0.29) is 5.91 Å². The second kappa shape index (κ2) is 7.26. The summed E-state index contributed by atoms with van der Waals surface area (Å²) in [5.41, 5.74) is 1.80. The molecule has 2 N–H and O–H groups in total. The van der Waals surface area contributed by atoms with E-state index in [0.717, 1.165) is 11.1 Å². The van der Waals surface area contributed by atoms with Crippen molar-refractivity contribution in [1.29, 1.82) is 0 Å². The predicted octanol–water partition coefficient (Wildman–Crippen LogP) is 2.59. The van der Waals surface area contributed by atoms with Gasteiger partial charge in [-0.05, 0) is 17.2 Å². The number of nitrogens with one attached hydrogen (secondary N) is 1. The highest BCUT2D eigenvalue weighted by Crippen LogP contribution is 2.12. The van der Waals surface area contributed by atoms with Crippen LogP contribution in [0.4, 0.5) is 0 Å². The van der Waals surface area contributed by atoms with Gasteiger partial charge in [-0.3, -0.25) is 4.79 Å². The molecule has 3 heteroatoms. The molecular weight excluding hydrogens is 250 g/mol. The van der Waals surface area contributed by atoms with Gasteiger partial charge in [-0.1, -0.05) is 60.7 Å². The lowest BCUT2D eigenvalue weighted by atomic mass is 10.1. The molecule has 1 atom stereocenters. The molecule has 0 aromatic heterocycles. The Morgan fingerprint density at radius 3 is 2.30 bits per heavy atom. The Labute approximate surface area is 118 Å². The Balaban J connectivity index is 1.84. The number of aliphatic hydroxyl groups is 1. The molecule has 1 unspecified atom stereocenters. The topological polar surface area (TPSA) is 49.3 Å². The molecule has 2 aromatic carbocycles. The van der Waals surface area contributed by atoms with Gasteiger partial charge in [-0.2, -0.15) is 0 Å². The Kier molecular flexibility index (Phi) is 5.09. The van der Waals surface area contributed by atoms with Crippen molar-refractivity contribution in [2.45, 2.75) is 12.6 Å². The predicted molar refractivity (Wildman–Crippen MR) is 78.8 cm³/mol. The Morgan fingerprint density at radius 1 is 1.05 bits per heavy atom. The van der Waals surface area contributed by atoms with Gasteiger partial charge in [0.15, 0.2) is 0 Å². The third kappa shape index (κ3) is 4.37. The molecule has 0 spiro atoms. The summed E-state index contributed by atoms with van der Waals surface area (Å²) in [5, 5.41) is 12.7. The molecule has 0 bridgehead atoms. The molecular formula is C17H17NO2. The third-order valence-electron chi connectivity index (χ3n) is 2.88. The van der Waals surface area contributed by atoms with Crippen LogP contribution < -0.4 is 5.32 Å². The summed E-state index contributed by atoms with van der Waals surface area (Å²) >= 11 is 0. The highest BCUT2D eigenvalue weighted by Gasteiger charge is 2.03. The average Bonchev–Trinajstić information content (AvgIpc) is 2.52. The molecule has 2 rings (SSSR count). The van der Waals surface area contributed by atoms with E-state index in [1.54, 1.807) is 0 Å². The van der Waals surface area contributed by atoms with E-state index in [0.29, 0.717) is 6.54 Å². The zero-order valence-corrected chi connectivity index (χ0v) is 11.1. The van der Waals surface area contributed by atoms with Crippen LogP contribution in [-0.2, 0) is 11.3 Å². The molecule has 0 aliphatic rings. The molecule has 0 saturated carbocycles. The fourth-order valence-electron chi connectivity index (χ4n) is 1.78. The van der Waals surface area contributed by atoms with Crippen molar-refractivity contribution >= 4 is 5.91 Å². The first-order valence-corrected chi connectivity index (χ1v) is 6.48. The zero-order valence-electron chi connectivity index (χ0n) is 11.1. The summed E-state index contributed by atoms with van der Waals surface area (Å²) in [7, 11) is 0. The van der Waals surface area contributed by atoms with Gasteiger partial charge in [-0.15, -0.1) is 0 Å². The van der Waals surface area contributed by atoms with Gasteiger partial charge in [0.25, 0.3) is 0 Å². The zero-order chi connectivity index (χ0) is 14.2. The largest absolute Gasteiger partial charge is 0.384 e. The standard InChI is InChI=1S/C17H17NO2/c19-16(15-9-5-2-6-10-15)11-12-17(20)18-13-14-7-3-1-4-8-14/h1-12,16,19H,13H2,(H,18,20)/b12-11-. The molecule has 20 heavy (non-hydrogen) atoms. The molecule has 0 aliphatic heterocycles. The van der Waals surface area contributed by atoms with Gasteiger partial charge in [-0.25, -0.2) is 0 Å². The van der Waals surface area contributed by atoms with Crippen LogP contribution in [0.1, 0.15) is 17.2 Å². The van der Waals surface area contributed by atoms with Gasteiger partial charge in [0.1, 0.15) is 0 Å². The van der Waals surface area contributed by atoms with Crippen molar-refractivity contribution in [2.24, 2.45) is 0 Å². The first-order valence-electron chi connectivity index (χ1n) is 6.48. The van der Waals surface area contributed by atoms with Crippen LogP contribution in [0.25, 0.3) is 0 Å². The third-order valence-corrected chi connectivity index (χ3v) is 2.88. The van der Waals surface area contributed by atoms with E-state index in [1.807, 2.05) is 60.7 Å². The lowest BCUT2D eigenvalue weighted by molar-refractivity contribution is -0.116. The second-order valence-electron chi connectivity index (χ2n) is 4.42. The van der Waals surface area contributed by atoms with E-state index < -0.39 is 6.10 Å². The minimum atomic E-state index is -0.765. The van der Waals surface area contributed by atoms with Crippen LogP contribution in [0.2, 0.25) is 0 Å². The summed E-state index contributed by atoms with van der Waals surface area (Å²) in [6.45, 7) is 0.478. The van der Waals surface area contributed by atoms with Gasteiger partial charge in [0, 0.05) is 12.6 Å². The fraction of sp³-hybridized carbons (Fsp3) is 0.118. The minimum absolute atomic E-state index is 0.219. The maximum Gasteiger partial charge on any atom is 0.244 e. The van der Waals surface area contributed by atoms with Gasteiger partial charge in [0.2, 0.25) is 5.91 Å². The van der Waals surface area contributed by atoms with Crippen molar-refractivity contribution in [1.82, 2.24) is 5.32 Å². The molecule has 0 heterocycles. The van der Waals surface area contributed by atoms with Crippen molar-refractivity contribution in [2.75, 3.05) is 0 Å². The van der Waals surface area contributed by atoms with Crippen LogP contribution in [0.5, 0.6) is 0 Å². The van der Waals surface area contributed by atoms with E-state index in [9.17, 15) is 9.90 Å². The highest BCUT2D eigenvalue weighted by molar-refractivity contribution is 5.87. The number of hydrogen-bond donors (Lipinski definition) is 2. The van der Waals surface area contributed by atoms with E-state index >= 15 is 0 Å². The van der Waals surface area contributed by atoms with Gasteiger partial charge < -0.3 is 10.4 Å². The van der Waals surface area contributed by atoms with Crippen LogP contribution >= 0.6 is 0 Å². The van der Waals surface area contributed by atoms with Crippen molar-refractivity contribution < 1.29 is 9.90 Å². The van der Waals surface area contributed by atoms with Gasteiger partial charge >= 0.3 is 0 Å². The number of benzene rings is 2. The van der Waals surface area contributed by atoms with Crippen molar-refractivity contribution in [3.05, 3.63) is 83.9 Å². The summed E-state index contributed by atoms with van der Waals surface area (Å²) < 4.78 is 0. The first kappa shape index (κ1) is 14.0. The maximum atomic E-state index is 11.6. The molecule has 1 amide bonds. The van der Waals surface area contributed by atoms with E-state index in [4.69, 9.17) is 0 Å². The van der Waals surface area contributed by atoms with Gasteiger partial charge in [0.05, 0.1) is 6.10 Å². The summed E-state index contributed by atoms with van der Waals surface area (Å²) in [6.07, 6.45) is 2.08. The van der Waals surface area contributed by atoms with Crippen LogP contribution in [0, 0.1) is 0 Å². The van der Waals surface area contributed by atoms with Crippen LogP contribution in [0.3, 0.4) is 0 Å². The number of carbonyl (C=O) groups excluding carboxylic acids is 1. The Hall–Kier alpha value is -2.39. The van der Waals surface area contributed by atoms with Crippen LogP contribution in [-0.4, -0.2) is 11.0 Å². The smallest absolute Gasteiger partial charge is 0.244 e. The first-order chi connectivity index (χ1) is 9.75. The number of amides is 1. The number of rotatable bonds is 5. The van der Waals surface area contributed by atoms with Crippen molar-refractivity contribution in [3.8, 4) is 0 Å². The Morgan fingerprint density at radius 2 is 1.65 bits per heavy atom. The molecule has 102 valence electrons. The summed E-state index contributed by atoms with van der Waals surface area (Å²) in [4.78, 5) is 11.6. The SMILES string of the molecule is O=C(/C=C\C(O)c1ccccc1)NCc1ccccc1. The van der Waals surface area contributed by atoms with Crippen LogP contribution in [0.15, 0.2) is 72.8 Å². The second-order valence-corrected chi connectivity index (χ2v) is 4.42. The number of hydrogen-bond acceptors (Lipinski definition) is 2. The minimum Gasteiger partial charge on any atom is -0.384 e. The lowest BCUT2D eigenvalue weighted by Crippen LogP contribution is -2.20. The summed E-state index contributed by atoms with van der Waals surface area (Å²) in [6, 6.07) is 18.9. The number of aliphatic hydroxyl groups excluding tert-OH is 1. The Bertz CT molecular complexity index is 564. The molecule has 0 aliphatic carbocycles. The quantitative estimate of drug-likeness (QED) is 0.818. The van der Waals surface area contributed by atoms with E-state index in [1.165, 1.54) is 12.2 Å². The number of carbonyl (C=O) groups is 1. The molecule has 0 radical (unpaired) electrons. The highest BCUT2D eigenvalue weighted by atomic mass is 16.3. The monoisotopic (exact) mass is 267 g/mol.